The maximum absolute atomic E-state index is 12.7. The second kappa shape index (κ2) is 8.28. The molecule has 0 aliphatic rings. The van der Waals surface area contributed by atoms with E-state index in [0.29, 0.717) is 25.4 Å². The number of amides is 1. The van der Waals surface area contributed by atoms with Gasteiger partial charge in [-0.15, -0.1) is 0 Å². The number of rotatable bonds is 8. The average Bonchev–Trinajstić information content (AvgIpc) is 2.90. The van der Waals surface area contributed by atoms with Crippen LogP contribution < -0.4 is 10.1 Å². The molecule has 1 heterocycles. The van der Waals surface area contributed by atoms with E-state index in [1.54, 1.807) is 12.1 Å². The van der Waals surface area contributed by atoms with E-state index in [1.165, 1.54) is 12.1 Å². The van der Waals surface area contributed by atoms with Crippen LogP contribution in [0.3, 0.4) is 0 Å². The lowest BCUT2D eigenvalue weighted by molar-refractivity contribution is -0.122. The van der Waals surface area contributed by atoms with Gasteiger partial charge in [0.1, 0.15) is 23.9 Å². The van der Waals surface area contributed by atoms with Gasteiger partial charge < -0.3 is 14.6 Å². The Morgan fingerprint density at radius 2 is 2.13 bits per heavy atom. The molecule has 0 aliphatic carbocycles. The Morgan fingerprint density at radius 1 is 1.39 bits per heavy atom. The van der Waals surface area contributed by atoms with Crippen molar-refractivity contribution in [1.82, 2.24) is 15.4 Å². The number of aryl methyl sites for hydroxylation is 1. The van der Waals surface area contributed by atoms with Gasteiger partial charge in [-0.05, 0) is 38.2 Å². The quantitative estimate of drug-likeness (QED) is 0.750. The van der Waals surface area contributed by atoms with Gasteiger partial charge in [-0.25, -0.2) is 4.39 Å². The number of benzene rings is 1. The summed E-state index contributed by atoms with van der Waals surface area (Å²) >= 11 is 0. The third-order valence-corrected chi connectivity index (χ3v) is 3.03. The Bertz CT molecular complexity index is 628. The van der Waals surface area contributed by atoms with Crippen LogP contribution in [0.1, 0.15) is 11.5 Å². The van der Waals surface area contributed by atoms with Crippen molar-refractivity contribution >= 4 is 5.91 Å². The first-order valence-corrected chi connectivity index (χ1v) is 7.29. The van der Waals surface area contributed by atoms with Crippen molar-refractivity contribution in [1.29, 1.82) is 0 Å². The van der Waals surface area contributed by atoms with E-state index < -0.39 is 0 Å². The maximum Gasteiger partial charge on any atom is 0.234 e. The lowest BCUT2D eigenvalue weighted by Crippen LogP contribution is -2.36. The van der Waals surface area contributed by atoms with Crippen molar-refractivity contribution in [3.05, 3.63) is 47.6 Å². The van der Waals surface area contributed by atoms with Crippen LogP contribution in [0, 0.1) is 12.7 Å². The molecule has 0 unspecified atom stereocenters. The molecule has 0 radical (unpaired) electrons. The molecule has 0 aliphatic heterocycles. The molecular weight excluding hydrogens is 301 g/mol. The first-order chi connectivity index (χ1) is 11.0. The van der Waals surface area contributed by atoms with E-state index in [-0.39, 0.29) is 18.3 Å². The van der Waals surface area contributed by atoms with Crippen molar-refractivity contribution < 1.29 is 18.4 Å². The summed E-state index contributed by atoms with van der Waals surface area (Å²) in [4.78, 5) is 13.6. The van der Waals surface area contributed by atoms with E-state index >= 15 is 0 Å². The highest BCUT2D eigenvalue weighted by molar-refractivity contribution is 5.77. The van der Waals surface area contributed by atoms with Crippen molar-refractivity contribution in [2.24, 2.45) is 0 Å². The van der Waals surface area contributed by atoms with Crippen LogP contribution in [0.5, 0.6) is 5.75 Å². The van der Waals surface area contributed by atoms with Crippen LogP contribution in [0.25, 0.3) is 0 Å². The van der Waals surface area contributed by atoms with Gasteiger partial charge in [0.15, 0.2) is 0 Å². The van der Waals surface area contributed by atoms with Crippen molar-refractivity contribution in [3.63, 3.8) is 0 Å². The molecule has 23 heavy (non-hydrogen) atoms. The largest absolute Gasteiger partial charge is 0.492 e. The Morgan fingerprint density at radius 3 is 2.78 bits per heavy atom. The van der Waals surface area contributed by atoms with Gasteiger partial charge in [-0.1, -0.05) is 5.16 Å². The minimum absolute atomic E-state index is 0.101. The molecule has 124 valence electrons. The summed E-state index contributed by atoms with van der Waals surface area (Å²) in [5, 5.41) is 6.65. The molecule has 0 saturated heterocycles. The molecule has 0 bridgehead atoms. The molecule has 1 aromatic carbocycles. The first kappa shape index (κ1) is 17.0. The minimum atomic E-state index is -0.309. The summed E-state index contributed by atoms with van der Waals surface area (Å²) in [5.41, 5.74) is 0.789. The molecule has 1 N–H and O–H groups in total. The number of halogens is 1. The van der Waals surface area contributed by atoms with E-state index in [4.69, 9.17) is 9.26 Å². The smallest absolute Gasteiger partial charge is 0.234 e. The van der Waals surface area contributed by atoms with Crippen LogP contribution >= 0.6 is 0 Å². The van der Waals surface area contributed by atoms with Gasteiger partial charge in [0.25, 0.3) is 0 Å². The van der Waals surface area contributed by atoms with Crippen molar-refractivity contribution in [2.45, 2.75) is 13.5 Å². The fraction of sp³-hybridized carbons (Fsp3) is 0.375. The zero-order valence-electron chi connectivity index (χ0n) is 13.2. The van der Waals surface area contributed by atoms with Crippen LogP contribution in [-0.4, -0.2) is 42.7 Å². The summed E-state index contributed by atoms with van der Waals surface area (Å²) in [7, 11) is 1.83. The summed E-state index contributed by atoms with van der Waals surface area (Å²) < 4.78 is 23.1. The lowest BCUT2D eigenvalue weighted by Gasteiger charge is -2.14. The molecule has 1 aromatic heterocycles. The molecule has 0 saturated carbocycles. The van der Waals surface area contributed by atoms with Gasteiger partial charge >= 0.3 is 0 Å². The van der Waals surface area contributed by atoms with Gasteiger partial charge in [0, 0.05) is 12.6 Å². The minimum Gasteiger partial charge on any atom is -0.492 e. The third-order valence-electron chi connectivity index (χ3n) is 3.03. The number of carbonyl (C=O) groups excluding carboxylic acids is 1. The van der Waals surface area contributed by atoms with Gasteiger partial charge in [-0.2, -0.15) is 0 Å². The number of nitrogens with zero attached hydrogens (tertiary/aromatic N) is 2. The van der Waals surface area contributed by atoms with Gasteiger partial charge in [0.05, 0.1) is 18.8 Å². The number of nitrogens with one attached hydrogen (secondary N) is 1. The van der Waals surface area contributed by atoms with Crippen molar-refractivity contribution in [3.8, 4) is 5.75 Å². The SMILES string of the molecule is Cc1cc(CN(C)CC(=O)NCCOc2ccc(F)cc2)no1. The number of ether oxygens (including phenoxy) is 1. The molecule has 0 atom stereocenters. The van der Waals surface area contributed by atoms with E-state index in [1.807, 2.05) is 24.9 Å². The number of likely N-dealkylation sites (N-methyl/N-ethyl adjacent to an activating group) is 1. The topological polar surface area (TPSA) is 67.6 Å². The molecule has 0 fully saturated rings. The third kappa shape index (κ3) is 6.07. The highest BCUT2D eigenvalue weighted by Gasteiger charge is 2.09. The number of hydrogen-bond donors (Lipinski definition) is 1. The Labute approximate surface area is 134 Å². The maximum atomic E-state index is 12.7. The van der Waals surface area contributed by atoms with Gasteiger partial charge in [-0.3, -0.25) is 9.69 Å². The van der Waals surface area contributed by atoms with Crippen LogP contribution in [0.4, 0.5) is 4.39 Å². The Hall–Kier alpha value is -2.41. The summed E-state index contributed by atoms with van der Waals surface area (Å²) in [6.45, 7) is 3.32. The van der Waals surface area contributed by atoms with E-state index in [2.05, 4.69) is 10.5 Å². The number of carbonyl (C=O) groups is 1. The monoisotopic (exact) mass is 321 g/mol. The fourth-order valence-corrected chi connectivity index (χ4v) is 2.02. The highest BCUT2D eigenvalue weighted by atomic mass is 19.1. The number of aromatic nitrogens is 1. The standard InChI is InChI=1S/C16H20FN3O3/c1-12-9-14(19-23-12)10-20(2)11-16(21)18-7-8-22-15-5-3-13(17)4-6-15/h3-6,9H,7-8,10-11H2,1-2H3,(H,18,21). The van der Waals surface area contributed by atoms with Crippen LogP contribution in [-0.2, 0) is 11.3 Å². The predicted molar refractivity (Wildman–Crippen MR) is 82.5 cm³/mol. The van der Waals surface area contributed by atoms with Gasteiger partial charge in [0.2, 0.25) is 5.91 Å². The fourth-order valence-electron chi connectivity index (χ4n) is 2.02. The van der Waals surface area contributed by atoms with E-state index in [0.717, 1.165) is 11.5 Å². The van der Waals surface area contributed by atoms with Crippen LogP contribution in [0.2, 0.25) is 0 Å². The second-order valence-corrected chi connectivity index (χ2v) is 5.25. The highest BCUT2D eigenvalue weighted by Crippen LogP contribution is 2.10. The molecule has 2 aromatic rings. The van der Waals surface area contributed by atoms with Crippen LogP contribution in [0.15, 0.2) is 34.9 Å². The summed E-state index contributed by atoms with van der Waals surface area (Å²) in [5.74, 6) is 0.904. The number of hydrogen-bond acceptors (Lipinski definition) is 5. The first-order valence-electron chi connectivity index (χ1n) is 7.29. The second-order valence-electron chi connectivity index (χ2n) is 5.25. The molecule has 6 nitrogen and oxygen atoms in total. The Kier molecular flexibility index (Phi) is 6.10. The van der Waals surface area contributed by atoms with E-state index in [9.17, 15) is 9.18 Å². The lowest BCUT2D eigenvalue weighted by atomic mass is 10.3. The van der Waals surface area contributed by atoms with Crippen molar-refractivity contribution in [2.75, 3.05) is 26.7 Å². The molecule has 1 amide bonds. The molecule has 2 rings (SSSR count). The molecule has 7 heteroatoms. The molecular formula is C16H20FN3O3. The molecule has 0 spiro atoms. The Balaban J connectivity index is 1.61. The zero-order chi connectivity index (χ0) is 16.7. The summed E-state index contributed by atoms with van der Waals surface area (Å²) in [6.07, 6.45) is 0. The average molecular weight is 321 g/mol. The summed E-state index contributed by atoms with van der Waals surface area (Å²) in [6, 6.07) is 7.59. The predicted octanol–water partition coefficient (Wildman–Crippen LogP) is 1.75. The normalized spacial score (nSPS) is 10.8. The zero-order valence-corrected chi connectivity index (χ0v) is 13.2.